The molecule has 1 N–H and O–H groups in total. The summed E-state index contributed by atoms with van der Waals surface area (Å²) in [7, 11) is 0. The van der Waals surface area contributed by atoms with Gasteiger partial charge in [-0.25, -0.2) is 0 Å². The zero-order valence-corrected chi connectivity index (χ0v) is 14.0. The first-order valence-corrected chi connectivity index (χ1v) is 8.97. The van der Waals surface area contributed by atoms with Crippen LogP contribution in [0.4, 0.5) is 0 Å². The zero-order valence-electron chi connectivity index (χ0n) is 13.2. The Labute approximate surface area is 140 Å². The van der Waals surface area contributed by atoms with Crippen LogP contribution in [0.1, 0.15) is 37.3 Å². The number of amides is 1. The van der Waals surface area contributed by atoms with Gasteiger partial charge < -0.3 is 5.32 Å². The van der Waals surface area contributed by atoms with Gasteiger partial charge >= 0.3 is 0 Å². The van der Waals surface area contributed by atoms with Gasteiger partial charge in [0, 0.05) is 40.1 Å². The summed E-state index contributed by atoms with van der Waals surface area (Å²) < 4.78 is 0. The van der Waals surface area contributed by atoms with Crippen molar-refractivity contribution in [1.29, 1.82) is 0 Å². The number of aromatic nitrogens is 1. The number of nitrogens with zero attached hydrogens (tertiary/aromatic N) is 1. The summed E-state index contributed by atoms with van der Waals surface area (Å²) in [5.41, 5.74) is 2.95. The van der Waals surface area contributed by atoms with Crippen molar-refractivity contribution in [2.75, 3.05) is 0 Å². The number of pyridine rings is 1. The van der Waals surface area contributed by atoms with E-state index < -0.39 is 0 Å². The van der Waals surface area contributed by atoms with Crippen LogP contribution in [0, 0.1) is 0 Å². The number of aryl methyl sites for hydroxylation is 1. The highest BCUT2D eigenvalue weighted by Gasteiger charge is 2.43. The molecule has 118 valence electrons. The van der Waals surface area contributed by atoms with E-state index in [4.69, 9.17) is 0 Å². The van der Waals surface area contributed by atoms with Crippen LogP contribution in [0.5, 0.6) is 0 Å². The number of nitrogens with one attached hydrogen (secondary N) is 1. The lowest BCUT2D eigenvalue weighted by atomic mass is 9.64. The number of piperidine rings is 1. The standard InChI is InChI=1S/C19H20N2OS/c1-19-9-6-18(22)21-17(19)5-2-13-12-15(3-4-16(13)19)23-14-7-10-20-11-8-14/h3-4,7-8,10-12,17H,2,5-6,9H2,1H3,(H,21,22)/t17?,19-/m1/s1. The molecule has 2 heterocycles. The number of benzene rings is 1. The zero-order chi connectivity index (χ0) is 15.9. The minimum absolute atomic E-state index is 0.0847. The smallest absolute Gasteiger partial charge is 0.220 e. The Morgan fingerprint density at radius 3 is 2.83 bits per heavy atom. The Kier molecular flexibility index (Phi) is 3.64. The molecule has 1 amide bonds. The van der Waals surface area contributed by atoms with Gasteiger partial charge in [0.05, 0.1) is 0 Å². The van der Waals surface area contributed by atoms with Gasteiger partial charge in [0.25, 0.3) is 0 Å². The van der Waals surface area contributed by atoms with Crippen molar-refractivity contribution >= 4 is 17.7 Å². The highest BCUT2D eigenvalue weighted by atomic mass is 32.2. The number of carbonyl (C=O) groups is 1. The second-order valence-corrected chi connectivity index (χ2v) is 7.83. The molecule has 0 radical (unpaired) electrons. The Hall–Kier alpha value is -1.81. The Bertz CT molecular complexity index is 746. The van der Waals surface area contributed by atoms with Crippen LogP contribution >= 0.6 is 11.8 Å². The Balaban J connectivity index is 1.64. The average Bonchev–Trinajstić information content (AvgIpc) is 2.56. The van der Waals surface area contributed by atoms with E-state index in [2.05, 4.69) is 35.4 Å². The van der Waals surface area contributed by atoms with Crippen LogP contribution in [0.3, 0.4) is 0 Å². The van der Waals surface area contributed by atoms with Crippen molar-refractivity contribution in [2.24, 2.45) is 0 Å². The van der Waals surface area contributed by atoms with Gasteiger partial charge in [-0.2, -0.15) is 0 Å². The first kappa shape index (κ1) is 14.8. The molecule has 1 unspecified atom stereocenters. The largest absolute Gasteiger partial charge is 0.352 e. The molecule has 2 aromatic rings. The van der Waals surface area contributed by atoms with Crippen LogP contribution in [0.2, 0.25) is 0 Å². The maximum Gasteiger partial charge on any atom is 0.220 e. The molecule has 1 aliphatic carbocycles. The van der Waals surface area contributed by atoms with Gasteiger partial charge in [-0.15, -0.1) is 0 Å². The van der Waals surface area contributed by atoms with Gasteiger partial charge in [0.2, 0.25) is 5.91 Å². The summed E-state index contributed by atoms with van der Waals surface area (Å²) in [4.78, 5) is 18.3. The molecule has 2 aliphatic rings. The monoisotopic (exact) mass is 324 g/mol. The van der Waals surface area contributed by atoms with E-state index in [1.165, 1.54) is 20.9 Å². The number of rotatable bonds is 2. The lowest BCUT2D eigenvalue weighted by Crippen LogP contribution is -2.55. The Morgan fingerprint density at radius 2 is 2.00 bits per heavy atom. The molecular weight excluding hydrogens is 304 g/mol. The third kappa shape index (κ3) is 2.65. The predicted octanol–water partition coefficient (Wildman–Crippen LogP) is 3.72. The molecule has 1 aromatic carbocycles. The number of hydrogen-bond donors (Lipinski definition) is 1. The lowest BCUT2D eigenvalue weighted by Gasteiger charge is -2.46. The molecule has 0 spiro atoms. The average molecular weight is 324 g/mol. The lowest BCUT2D eigenvalue weighted by molar-refractivity contribution is -0.125. The highest BCUT2D eigenvalue weighted by Crippen LogP contribution is 2.44. The second kappa shape index (κ2) is 5.68. The maximum atomic E-state index is 11.7. The van der Waals surface area contributed by atoms with Gasteiger partial charge in [0.1, 0.15) is 0 Å². The summed E-state index contributed by atoms with van der Waals surface area (Å²) in [6, 6.07) is 11.2. The van der Waals surface area contributed by atoms with Crippen LogP contribution in [-0.2, 0) is 16.6 Å². The van der Waals surface area contributed by atoms with Crippen molar-refractivity contribution in [3.63, 3.8) is 0 Å². The van der Waals surface area contributed by atoms with Crippen LogP contribution in [0.25, 0.3) is 0 Å². The predicted molar refractivity (Wildman–Crippen MR) is 91.6 cm³/mol. The van der Waals surface area contributed by atoms with E-state index in [1.807, 2.05) is 24.5 Å². The van der Waals surface area contributed by atoms with E-state index in [0.29, 0.717) is 6.42 Å². The first-order chi connectivity index (χ1) is 11.1. The summed E-state index contributed by atoms with van der Waals surface area (Å²) in [5, 5.41) is 3.20. The van der Waals surface area contributed by atoms with E-state index in [-0.39, 0.29) is 17.4 Å². The normalized spacial score (nSPS) is 26.1. The molecule has 1 fully saturated rings. The Morgan fingerprint density at radius 1 is 1.17 bits per heavy atom. The number of hydrogen-bond acceptors (Lipinski definition) is 3. The third-order valence-corrected chi connectivity index (χ3v) is 6.25. The van der Waals surface area contributed by atoms with E-state index in [9.17, 15) is 4.79 Å². The third-order valence-electron chi connectivity index (χ3n) is 5.26. The van der Waals surface area contributed by atoms with Crippen molar-refractivity contribution < 1.29 is 4.79 Å². The fourth-order valence-corrected chi connectivity index (χ4v) is 4.79. The fourth-order valence-electron chi connectivity index (χ4n) is 3.93. The minimum Gasteiger partial charge on any atom is -0.352 e. The van der Waals surface area contributed by atoms with E-state index in [1.54, 1.807) is 11.8 Å². The molecule has 0 bridgehead atoms. The molecule has 4 heteroatoms. The molecule has 0 saturated carbocycles. The van der Waals surface area contributed by atoms with Crippen molar-refractivity contribution in [3.05, 3.63) is 53.9 Å². The second-order valence-electron chi connectivity index (χ2n) is 6.68. The molecule has 1 aliphatic heterocycles. The topological polar surface area (TPSA) is 42.0 Å². The SMILES string of the molecule is C[C@]12CCC(=O)NC1CCc1cc(Sc3ccncc3)ccc12. The molecule has 1 saturated heterocycles. The number of fused-ring (bicyclic) bond motifs is 3. The van der Waals surface area contributed by atoms with Gasteiger partial charge in [-0.3, -0.25) is 9.78 Å². The summed E-state index contributed by atoms with van der Waals surface area (Å²) in [6.07, 6.45) is 7.33. The minimum atomic E-state index is 0.0847. The van der Waals surface area contributed by atoms with Crippen molar-refractivity contribution in [1.82, 2.24) is 10.3 Å². The molecule has 1 aromatic heterocycles. The summed E-state index contributed by atoms with van der Waals surface area (Å²) >= 11 is 1.78. The molecular formula is C19H20N2OS. The highest BCUT2D eigenvalue weighted by molar-refractivity contribution is 7.99. The molecule has 4 rings (SSSR count). The van der Waals surface area contributed by atoms with Crippen molar-refractivity contribution in [3.8, 4) is 0 Å². The van der Waals surface area contributed by atoms with Gasteiger partial charge in [-0.1, -0.05) is 24.8 Å². The van der Waals surface area contributed by atoms with Crippen LogP contribution in [0.15, 0.2) is 52.5 Å². The van der Waals surface area contributed by atoms with Crippen LogP contribution < -0.4 is 5.32 Å². The van der Waals surface area contributed by atoms with Crippen molar-refractivity contribution in [2.45, 2.75) is 53.9 Å². The number of carbonyl (C=O) groups excluding carboxylic acids is 1. The molecule has 3 nitrogen and oxygen atoms in total. The fraction of sp³-hybridized carbons (Fsp3) is 0.368. The van der Waals surface area contributed by atoms with E-state index in [0.717, 1.165) is 19.3 Å². The maximum absolute atomic E-state index is 11.7. The summed E-state index contributed by atoms with van der Waals surface area (Å²) in [5.74, 6) is 0.209. The molecule has 23 heavy (non-hydrogen) atoms. The quantitative estimate of drug-likeness (QED) is 0.915. The van der Waals surface area contributed by atoms with Gasteiger partial charge in [0.15, 0.2) is 0 Å². The van der Waals surface area contributed by atoms with E-state index >= 15 is 0 Å². The molecule has 2 atom stereocenters. The van der Waals surface area contributed by atoms with Crippen LogP contribution in [-0.4, -0.2) is 16.9 Å². The summed E-state index contributed by atoms with van der Waals surface area (Å²) in [6.45, 7) is 2.31. The van der Waals surface area contributed by atoms with Gasteiger partial charge in [-0.05, 0) is 54.7 Å². The first-order valence-electron chi connectivity index (χ1n) is 8.16.